The molecule has 0 radical (unpaired) electrons. The predicted molar refractivity (Wildman–Crippen MR) is 78.2 cm³/mol. The van der Waals surface area contributed by atoms with Crippen molar-refractivity contribution < 1.29 is 14.6 Å². The van der Waals surface area contributed by atoms with Crippen molar-refractivity contribution >= 4 is 22.6 Å². The Bertz CT molecular complexity index is 613. The minimum Gasteiger partial charge on any atom is -0.496 e. The van der Waals surface area contributed by atoms with E-state index in [0.29, 0.717) is 6.42 Å². The van der Waals surface area contributed by atoms with Crippen molar-refractivity contribution in [3.05, 3.63) is 30.5 Å². The molecule has 5 nitrogen and oxygen atoms in total. The smallest absolute Gasteiger partial charge is 0.303 e. The standard InChI is InChI=1S/C15H18N2O3/c1-10(6-7-14(18)19)17-15-12-4-3-5-13(20-2)11(12)8-9-16-15/h3-5,8-10H,6-7H2,1-2H3,(H,16,17)(H,18,19). The molecule has 0 spiro atoms. The first-order valence-electron chi connectivity index (χ1n) is 6.52. The van der Waals surface area contributed by atoms with Crippen LogP contribution in [0.15, 0.2) is 30.5 Å². The molecule has 0 aliphatic heterocycles. The van der Waals surface area contributed by atoms with Gasteiger partial charge in [0.25, 0.3) is 0 Å². The van der Waals surface area contributed by atoms with Gasteiger partial charge < -0.3 is 15.2 Å². The maximum atomic E-state index is 10.6. The van der Waals surface area contributed by atoms with Gasteiger partial charge in [-0.3, -0.25) is 4.79 Å². The van der Waals surface area contributed by atoms with Gasteiger partial charge in [0.15, 0.2) is 0 Å². The number of aromatic nitrogens is 1. The van der Waals surface area contributed by atoms with E-state index in [1.54, 1.807) is 13.3 Å². The number of hydrogen-bond donors (Lipinski definition) is 2. The van der Waals surface area contributed by atoms with E-state index in [1.807, 2.05) is 31.2 Å². The Morgan fingerprint density at radius 2 is 2.20 bits per heavy atom. The SMILES string of the molecule is COc1cccc2c(NC(C)CCC(=O)O)nccc12. The summed E-state index contributed by atoms with van der Waals surface area (Å²) in [6.07, 6.45) is 2.41. The number of methoxy groups -OCH3 is 1. The van der Waals surface area contributed by atoms with Crippen LogP contribution >= 0.6 is 0 Å². The lowest BCUT2D eigenvalue weighted by molar-refractivity contribution is -0.137. The molecule has 2 rings (SSSR count). The maximum Gasteiger partial charge on any atom is 0.303 e. The fraction of sp³-hybridized carbons (Fsp3) is 0.333. The number of carboxylic acid groups (broad SMARTS) is 1. The van der Waals surface area contributed by atoms with Crippen LogP contribution in [0.3, 0.4) is 0 Å². The number of benzene rings is 1. The number of ether oxygens (including phenoxy) is 1. The molecule has 2 N–H and O–H groups in total. The largest absolute Gasteiger partial charge is 0.496 e. The Kier molecular flexibility index (Phi) is 4.40. The Hall–Kier alpha value is -2.30. The Morgan fingerprint density at radius 3 is 2.90 bits per heavy atom. The van der Waals surface area contributed by atoms with Gasteiger partial charge >= 0.3 is 5.97 Å². The van der Waals surface area contributed by atoms with Crippen molar-refractivity contribution in [1.29, 1.82) is 0 Å². The minimum atomic E-state index is -0.786. The number of nitrogens with one attached hydrogen (secondary N) is 1. The fourth-order valence-electron chi connectivity index (χ4n) is 2.12. The molecule has 0 saturated heterocycles. The number of fused-ring (bicyclic) bond motifs is 1. The van der Waals surface area contributed by atoms with Crippen LogP contribution in [0, 0.1) is 0 Å². The summed E-state index contributed by atoms with van der Waals surface area (Å²) in [5.74, 6) is 0.761. The second kappa shape index (κ2) is 6.23. The first kappa shape index (κ1) is 14.1. The van der Waals surface area contributed by atoms with E-state index < -0.39 is 5.97 Å². The molecule has 0 aliphatic rings. The molecule has 1 aromatic heterocycles. The molecular formula is C15H18N2O3. The summed E-state index contributed by atoms with van der Waals surface area (Å²) >= 11 is 0. The van der Waals surface area contributed by atoms with Crippen LogP contribution in [0.4, 0.5) is 5.82 Å². The molecule has 20 heavy (non-hydrogen) atoms. The third-order valence-electron chi connectivity index (χ3n) is 3.16. The number of nitrogens with zero attached hydrogens (tertiary/aromatic N) is 1. The number of hydrogen-bond acceptors (Lipinski definition) is 4. The number of aliphatic carboxylic acids is 1. The normalized spacial score (nSPS) is 12.1. The highest BCUT2D eigenvalue weighted by Crippen LogP contribution is 2.29. The van der Waals surface area contributed by atoms with E-state index in [-0.39, 0.29) is 12.5 Å². The molecule has 0 bridgehead atoms. The summed E-state index contributed by atoms with van der Waals surface area (Å²) in [5, 5.41) is 13.9. The Balaban J connectivity index is 2.24. The third-order valence-corrected chi connectivity index (χ3v) is 3.16. The van der Waals surface area contributed by atoms with Crippen LogP contribution in [-0.4, -0.2) is 29.2 Å². The van der Waals surface area contributed by atoms with E-state index in [9.17, 15) is 4.79 Å². The van der Waals surface area contributed by atoms with Gasteiger partial charge in [-0.15, -0.1) is 0 Å². The van der Waals surface area contributed by atoms with Gasteiger partial charge in [0.2, 0.25) is 0 Å². The van der Waals surface area contributed by atoms with Gasteiger partial charge in [0, 0.05) is 29.4 Å². The number of pyridine rings is 1. The van der Waals surface area contributed by atoms with Crippen molar-refractivity contribution in [3.8, 4) is 5.75 Å². The summed E-state index contributed by atoms with van der Waals surface area (Å²) < 4.78 is 5.33. The number of carbonyl (C=O) groups is 1. The number of anilines is 1. The summed E-state index contributed by atoms with van der Waals surface area (Å²) in [7, 11) is 1.64. The molecule has 1 heterocycles. The van der Waals surface area contributed by atoms with Gasteiger partial charge in [-0.1, -0.05) is 12.1 Å². The summed E-state index contributed by atoms with van der Waals surface area (Å²) in [6.45, 7) is 1.95. The van der Waals surface area contributed by atoms with E-state index in [1.165, 1.54) is 0 Å². The molecule has 0 aliphatic carbocycles. The van der Waals surface area contributed by atoms with Crippen molar-refractivity contribution in [2.24, 2.45) is 0 Å². The monoisotopic (exact) mass is 274 g/mol. The van der Waals surface area contributed by atoms with Crippen LogP contribution in [0.1, 0.15) is 19.8 Å². The zero-order chi connectivity index (χ0) is 14.5. The third kappa shape index (κ3) is 3.17. The lowest BCUT2D eigenvalue weighted by Gasteiger charge is -2.15. The van der Waals surface area contributed by atoms with Crippen molar-refractivity contribution in [1.82, 2.24) is 4.98 Å². The van der Waals surface area contributed by atoms with E-state index in [2.05, 4.69) is 10.3 Å². The Morgan fingerprint density at radius 1 is 1.40 bits per heavy atom. The van der Waals surface area contributed by atoms with Crippen LogP contribution in [0.2, 0.25) is 0 Å². The van der Waals surface area contributed by atoms with E-state index >= 15 is 0 Å². The second-order valence-electron chi connectivity index (χ2n) is 4.69. The lowest BCUT2D eigenvalue weighted by atomic mass is 10.1. The van der Waals surface area contributed by atoms with Gasteiger partial charge in [0.05, 0.1) is 7.11 Å². The first-order chi connectivity index (χ1) is 9.61. The molecule has 1 aromatic carbocycles. The number of carboxylic acids is 1. The highest BCUT2D eigenvalue weighted by atomic mass is 16.5. The topological polar surface area (TPSA) is 71.5 Å². The molecule has 1 unspecified atom stereocenters. The molecule has 0 saturated carbocycles. The molecular weight excluding hydrogens is 256 g/mol. The Labute approximate surface area is 117 Å². The highest BCUT2D eigenvalue weighted by molar-refractivity contribution is 5.95. The molecule has 2 aromatic rings. The van der Waals surface area contributed by atoms with Crippen molar-refractivity contribution in [2.75, 3.05) is 12.4 Å². The van der Waals surface area contributed by atoms with E-state index in [0.717, 1.165) is 22.3 Å². The van der Waals surface area contributed by atoms with Crippen LogP contribution in [-0.2, 0) is 4.79 Å². The van der Waals surface area contributed by atoms with Gasteiger partial charge in [-0.25, -0.2) is 4.98 Å². The van der Waals surface area contributed by atoms with Crippen LogP contribution in [0.25, 0.3) is 10.8 Å². The highest BCUT2D eigenvalue weighted by Gasteiger charge is 2.10. The number of rotatable bonds is 6. The average molecular weight is 274 g/mol. The van der Waals surface area contributed by atoms with Crippen LogP contribution < -0.4 is 10.1 Å². The predicted octanol–water partition coefficient (Wildman–Crippen LogP) is 2.91. The lowest BCUT2D eigenvalue weighted by Crippen LogP contribution is -2.17. The summed E-state index contributed by atoms with van der Waals surface area (Å²) in [6, 6.07) is 7.73. The molecule has 0 amide bonds. The van der Waals surface area contributed by atoms with Crippen molar-refractivity contribution in [2.45, 2.75) is 25.8 Å². The van der Waals surface area contributed by atoms with Crippen LogP contribution in [0.5, 0.6) is 5.75 Å². The maximum absolute atomic E-state index is 10.6. The van der Waals surface area contributed by atoms with Crippen molar-refractivity contribution in [3.63, 3.8) is 0 Å². The van der Waals surface area contributed by atoms with E-state index in [4.69, 9.17) is 9.84 Å². The zero-order valence-electron chi connectivity index (χ0n) is 11.6. The fourth-order valence-corrected chi connectivity index (χ4v) is 2.12. The summed E-state index contributed by atoms with van der Waals surface area (Å²) in [5.41, 5.74) is 0. The first-order valence-corrected chi connectivity index (χ1v) is 6.52. The van der Waals surface area contributed by atoms with Gasteiger partial charge in [-0.2, -0.15) is 0 Å². The molecule has 5 heteroatoms. The molecule has 106 valence electrons. The minimum absolute atomic E-state index is 0.0374. The quantitative estimate of drug-likeness (QED) is 0.847. The summed E-state index contributed by atoms with van der Waals surface area (Å²) in [4.78, 5) is 14.9. The van der Waals surface area contributed by atoms with Gasteiger partial charge in [0.1, 0.15) is 11.6 Å². The molecule has 1 atom stereocenters. The molecule has 0 fully saturated rings. The second-order valence-corrected chi connectivity index (χ2v) is 4.69. The van der Waals surface area contributed by atoms with Gasteiger partial charge in [-0.05, 0) is 25.5 Å². The zero-order valence-corrected chi connectivity index (χ0v) is 11.6. The average Bonchev–Trinajstić information content (AvgIpc) is 2.45.